The van der Waals surface area contributed by atoms with Crippen molar-refractivity contribution in [1.29, 1.82) is 0 Å². The lowest BCUT2D eigenvalue weighted by molar-refractivity contribution is 0.150. The summed E-state index contributed by atoms with van der Waals surface area (Å²) >= 11 is 0. The van der Waals surface area contributed by atoms with Crippen LogP contribution < -0.4 is 5.32 Å². The van der Waals surface area contributed by atoms with E-state index in [0.717, 1.165) is 44.3 Å². The number of aromatic amines is 1. The van der Waals surface area contributed by atoms with Crippen LogP contribution in [0.25, 0.3) is 0 Å². The van der Waals surface area contributed by atoms with Crippen molar-refractivity contribution in [3.8, 4) is 0 Å². The van der Waals surface area contributed by atoms with Gasteiger partial charge in [0.2, 0.25) is 0 Å². The van der Waals surface area contributed by atoms with Crippen molar-refractivity contribution in [2.24, 2.45) is 5.92 Å². The van der Waals surface area contributed by atoms with Gasteiger partial charge in [-0.25, -0.2) is 4.79 Å². The first kappa shape index (κ1) is 14.2. The number of rotatable bonds is 3. The summed E-state index contributed by atoms with van der Waals surface area (Å²) in [6, 6.07) is 0.249. The molecule has 1 aromatic heterocycles. The molecule has 0 aromatic carbocycles. The molecule has 1 saturated heterocycles. The maximum atomic E-state index is 12.5. The average molecular weight is 288 g/mol. The Bertz CT molecular complexity index is 482. The second kappa shape index (κ2) is 6.78. The molecule has 1 aromatic rings. The first-order valence-corrected chi connectivity index (χ1v) is 8.03. The Morgan fingerprint density at radius 3 is 3.10 bits per heavy atom. The van der Waals surface area contributed by atoms with Gasteiger partial charge in [0.1, 0.15) is 0 Å². The Balaban J connectivity index is 1.57. The highest BCUT2D eigenvalue weighted by Gasteiger charge is 2.28. The van der Waals surface area contributed by atoms with Gasteiger partial charge in [-0.3, -0.25) is 5.10 Å². The lowest BCUT2D eigenvalue weighted by Gasteiger charge is -2.35. The van der Waals surface area contributed by atoms with Crippen LogP contribution in [0.3, 0.4) is 0 Å². The minimum Gasteiger partial charge on any atom is -0.338 e. The number of H-pyrrole nitrogens is 1. The molecule has 2 unspecified atom stereocenters. The lowest BCUT2D eigenvalue weighted by atomic mass is 9.94. The number of piperidine rings is 1. The van der Waals surface area contributed by atoms with Crippen molar-refractivity contribution in [3.63, 3.8) is 0 Å². The summed E-state index contributed by atoms with van der Waals surface area (Å²) in [5.41, 5.74) is 1.12. The van der Waals surface area contributed by atoms with Crippen molar-refractivity contribution in [2.75, 3.05) is 13.1 Å². The largest absolute Gasteiger partial charge is 0.338 e. The molecule has 114 valence electrons. The standard InChI is InChI=1S/C16H24N4O/c21-16(17-10-13-6-2-1-3-7-13)20-9-5-4-8-15(20)14-11-18-19-12-14/h1-2,11-13,15H,3-10H2,(H,17,21)(H,18,19). The minimum atomic E-state index is 0.0791. The van der Waals surface area contributed by atoms with Crippen LogP contribution in [0.5, 0.6) is 0 Å². The van der Waals surface area contributed by atoms with Crippen LogP contribution in [0.1, 0.15) is 50.1 Å². The number of allylic oxidation sites excluding steroid dienone is 2. The van der Waals surface area contributed by atoms with Crippen LogP contribution in [-0.4, -0.2) is 34.2 Å². The number of aromatic nitrogens is 2. The number of urea groups is 1. The molecule has 0 spiro atoms. The summed E-state index contributed by atoms with van der Waals surface area (Å²) in [7, 11) is 0. The predicted octanol–water partition coefficient (Wildman–Crippen LogP) is 3.00. The Kier molecular flexibility index (Phi) is 4.58. The molecule has 5 heteroatoms. The normalized spacial score (nSPS) is 25.8. The van der Waals surface area contributed by atoms with Gasteiger partial charge in [-0.2, -0.15) is 5.10 Å². The predicted molar refractivity (Wildman–Crippen MR) is 81.8 cm³/mol. The maximum Gasteiger partial charge on any atom is 0.317 e. The van der Waals surface area contributed by atoms with Crippen LogP contribution >= 0.6 is 0 Å². The van der Waals surface area contributed by atoms with E-state index < -0.39 is 0 Å². The minimum absolute atomic E-state index is 0.0791. The second-order valence-electron chi connectivity index (χ2n) is 6.07. The summed E-state index contributed by atoms with van der Waals surface area (Å²) in [5.74, 6) is 0.594. The Labute approximate surface area is 125 Å². The summed E-state index contributed by atoms with van der Waals surface area (Å²) in [6.07, 6.45) is 14.9. The number of likely N-dealkylation sites (tertiary alicyclic amines) is 1. The van der Waals surface area contributed by atoms with E-state index in [1.165, 1.54) is 12.8 Å². The van der Waals surface area contributed by atoms with Crippen molar-refractivity contribution >= 4 is 6.03 Å². The fourth-order valence-corrected chi connectivity index (χ4v) is 3.34. The molecule has 21 heavy (non-hydrogen) atoms. The summed E-state index contributed by atoms with van der Waals surface area (Å²) in [6.45, 7) is 1.63. The molecule has 2 atom stereocenters. The Morgan fingerprint density at radius 1 is 1.38 bits per heavy atom. The highest BCUT2D eigenvalue weighted by Crippen LogP contribution is 2.30. The quantitative estimate of drug-likeness (QED) is 0.840. The zero-order valence-corrected chi connectivity index (χ0v) is 12.4. The van der Waals surface area contributed by atoms with Crippen molar-refractivity contribution in [1.82, 2.24) is 20.4 Å². The highest BCUT2D eigenvalue weighted by molar-refractivity contribution is 5.74. The number of hydrogen-bond donors (Lipinski definition) is 2. The van der Waals surface area contributed by atoms with Gasteiger partial charge in [-0.1, -0.05) is 12.2 Å². The van der Waals surface area contributed by atoms with E-state index in [1.54, 1.807) is 0 Å². The molecule has 3 rings (SSSR count). The molecule has 2 N–H and O–H groups in total. The molecule has 2 aliphatic rings. The van der Waals surface area contributed by atoms with Crippen molar-refractivity contribution in [2.45, 2.75) is 44.6 Å². The van der Waals surface area contributed by atoms with Gasteiger partial charge < -0.3 is 10.2 Å². The van der Waals surface area contributed by atoms with E-state index in [1.807, 2.05) is 17.3 Å². The molecule has 0 saturated carbocycles. The van der Waals surface area contributed by atoms with Crippen LogP contribution in [0, 0.1) is 5.92 Å². The van der Waals surface area contributed by atoms with Crippen LogP contribution in [0.4, 0.5) is 4.79 Å². The zero-order valence-electron chi connectivity index (χ0n) is 12.4. The highest BCUT2D eigenvalue weighted by atomic mass is 16.2. The molecule has 2 amide bonds. The first-order chi connectivity index (χ1) is 10.3. The monoisotopic (exact) mass is 288 g/mol. The van der Waals surface area contributed by atoms with Gasteiger partial charge in [0.05, 0.1) is 12.2 Å². The maximum absolute atomic E-state index is 12.5. The van der Waals surface area contributed by atoms with Crippen LogP contribution in [0.2, 0.25) is 0 Å². The van der Waals surface area contributed by atoms with Crippen LogP contribution in [-0.2, 0) is 0 Å². The molecule has 5 nitrogen and oxygen atoms in total. The van der Waals surface area contributed by atoms with Crippen molar-refractivity contribution < 1.29 is 4.79 Å². The average Bonchev–Trinajstić information content (AvgIpc) is 3.08. The Hall–Kier alpha value is -1.78. The molecule has 1 aliphatic carbocycles. The van der Waals surface area contributed by atoms with E-state index in [9.17, 15) is 4.79 Å². The van der Waals surface area contributed by atoms with Gasteiger partial charge in [0.15, 0.2) is 0 Å². The fraction of sp³-hybridized carbons (Fsp3) is 0.625. The molecule has 0 bridgehead atoms. The second-order valence-corrected chi connectivity index (χ2v) is 6.07. The van der Waals surface area contributed by atoms with Gasteiger partial charge in [0, 0.05) is 24.8 Å². The molecular weight excluding hydrogens is 264 g/mol. The van der Waals surface area contributed by atoms with Gasteiger partial charge in [0.25, 0.3) is 0 Å². The van der Waals surface area contributed by atoms with Crippen LogP contribution in [0.15, 0.2) is 24.5 Å². The lowest BCUT2D eigenvalue weighted by Crippen LogP contribution is -2.45. The smallest absolute Gasteiger partial charge is 0.317 e. The van der Waals surface area contributed by atoms with Gasteiger partial charge in [-0.15, -0.1) is 0 Å². The van der Waals surface area contributed by atoms with Gasteiger partial charge in [-0.05, 0) is 44.4 Å². The van der Waals surface area contributed by atoms with E-state index in [2.05, 4.69) is 27.7 Å². The third-order valence-corrected chi connectivity index (χ3v) is 4.59. The number of carbonyl (C=O) groups excluding carboxylic acids is 1. The molecular formula is C16H24N4O. The topological polar surface area (TPSA) is 61.0 Å². The molecule has 2 heterocycles. The van der Waals surface area contributed by atoms with E-state index in [0.29, 0.717) is 5.92 Å². The molecule has 0 radical (unpaired) electrons. The third kappa shape index (κ3) is 3.46. The number of carbonyl (C=O) groups is 1. The SMILES string of the molecule is O=C(NCC1CC=CCC1)N1CCCCC1c1cn[nH]c1. The Morgan fingerprint density at radius 2 is 2.33 bits per heavy atom. The number of nitrogens with zero attached hydrogens (tertiary/aromatic N) is 2. The number of nitrogens with one attached hydrogen (secondary N) is 2. The van der Waals surface area contributed by atoms with E-state index in [4.69, 9.17) is 0 Å². The number of amides is 2. The summed E-state index contributed by atoms with van der Waals surface area (Å²) in [5, 5.41) is 10.0. The zero-order chi connectivity index (χ0) is 14.5. The van der Waals surface area contributed by atoms with E-state index >= 15 is 0 Å². The van der Waals surface area contributed by atoms with Gasteiger partial charge >= 0.3 is 6.03 Å². The van der Waals surface area contributed by atoms with E-state index in [-0.39, 0.29) is 12.1 Å². The molecule has 1 fully saturated rings. The molecule has 1 aliphatic heterocycles. The third-order valence-electron chi connectivity index (χ3n) is 4.59. The van der Waals surface area contributed by atoms with Crippen molar-refractivity contribution in [3.05, 3.63) is 30.1 Å². The fourth-order valence-electron chi connectivity index (χ4n) is 3.34. The first-order valence-electron chi connectivity index (χ1n) is 8.03. The number of hydrogen-bond acceptors (Lipinski definition) is 2. The summed E-state index contributed by atoms with van der Waals surface area (Å²) in [4.78, 5) is 14.5. The summed E-state index contributed by atoms with van der Waals surface area (Å²) < 4.78 is 0.